The quantitative estimate of drug-likeness (QED) is 0.668. The highest BCUT2D eigenvalue weighted by atomic mass is 16.3. The number of furan rings is 1. The number of aryl methyl sites for hydroxylation is 3. The highest BCUT2D eigenvalue weighted by molar-refractivity contribution is 5.95. The van der Waals surface area contributed by atoms with Gasteiger partial charge in [-0.2, -0.15) is 0 Å². The predicted octanol–water partition coefficient (Wildman–Crippen LogP) is 5.66. The van der Waals surface area contributed by atoms with Gasteiger partial charge in [-0.3, -0.25) is 4.79 Å². The molecular formula is C22H25NO2. The van der Waals surface area contributed by atoms with Crippen molar-refractivity contribution in [1.29, 1.82) is 0 Å². The van der Waals surface area contributed by atoms with Gasteiger partial charge in [-0.15, -0.1) is 0 Å². The molecular weight excluding hydrogens is 310 g/mol. The van der Waals surface area contributed by atoms with Gasteiger partial charge in [-0.05, 0) is 73.2 Å². The number of carbonyl (C=O) groups excluding carboxylic acids is 1. The highest BCUT2D eigenvalue weighted by Crippen LogP contribution is 2.29. The van der Waals surface area contributed by atoms with Crippen LogP contribution in [0.2, 0.25) is 0 Å². The lowest BCUT2D eigenvalue weighted by Crippen LogP contribution is -2.14. The van der Waals surface area contributed by atoms with Crippen LogP contribution in [0.15, 0.2) is 41.0 Å². The molecule has 1 amide bonds. The van der Waals surface area contributed by atoms with Gasteiger partial charge in [-0.1, -0.05) is 19.9 Å². The first-order valence-electron chi connectivity index (χ1n) is 8.73. The number of benzene rings is 2. The van der Waals surface area contributed by atoms with Crippen LogP contribution in [0.25, 0.3) is 11.0 Å². The van der Waals surface area contributed by atoms with Crippen LogP contribution in [-0.2, 0) is 11.2 Å². The van der Waals surface area contributed by atoms with Crippen LogP contribution in [0.3, 0.4) is 0 Å². The van der Waals surface area contributed by atoms with Crippen molar-refractivity contribution < 1.29 is 9.21 Å². The Bertz CT molecular complexity index is 935. The SMILES string of the molecule is Cc1ccc(NC(=O)Cc2coc3cc(C)c(C(C)C)cc23)cc1C. The Labute approximate surface area is 149 Å². The van der Waals surface area contributed by atoms with Gasteiger partial charge in [-0.25, -0.2) is 0 Å². The first-order chi connectivity index (χ1) is 11.8. The molecule has 1 heterocycles. The minimum Gasteiger partial charge on any atom is -0.464 e. The second kappa shape index (κ2) is 6.75. The van der Waals surface area contributed by atoms with Crippen LogP contribution < -0.4 is 5.32 Å². The van der Waals surface area contributed by atoms with Gasteiger partial charge in [0.25, 0.3) is 0 Å². The molecule has 1 N–H and O–H groups in total. The van der Waals surface area contributed by atoms with Crippen LogP contribution in [0, 0.1) is 20.8 Å². The first kappa shape index (κ1) is 17.3. The van der Waals surface area contributed by atoms with Crippen molar-refractivity contribution >= 4 is 22.6 Å². The molecule has 0 bridgehead atoms. The Kier molecular flexibility index (Phi) is 4.67. The minimum atomic E-state index is -0.0300. The first-order valence-corrected chi connectivity index (χ1v) is 8.73. The second-order valence-corrected chi connectivity index (χ2v) is 7.14. The summed E-state index contributed by atoms with van der Waals surface area (Å²) in [6, 6.07) is 10.2. The molecule has 0 saturated heterocycles. The largest absolute Gasteiger partial charge is 0.464 e. The smallest absolute Gasteiger partial charge is 0.228 e. The van der Waals surface area contributed by atoms with Gasteiger partial charge in [0.05, 0.1) is 12.7 Å². The topological polar surface area (TPSA) is 42.2 Å². The monoisotopic (exact) mass is 335 g/mol. The van der Waals surface area contributed by atoms with Crippen LogP contribution in [-0.4, -0.2) is 5.91 Å². The van der Waals surface area contributed by atoms with Crippen molar-refractivity contribution in [2.75, 3.05) is 5.32 Å². The third kappa shape index (κ3) is 3.60. The Balaban J connectivity index is 1.83. The van der Waals surface area contributed by atoms with Crippen LogP contribution >= 0.6 is 0 Å². The molecule has 0 aliphatic heterocycles. The van der Waals surface area contributed by atoms with Gasteiger partial charge in [0.15, 0.2) is 0 Å². The van der Waals surface area contributed by atoms with E-state index in [0.29, 0.717) is 12.3 Å². The zero-order chi connectivity index (χ0) is 18.1. The second-order valence-electron chi connectivity index (χ2n) is 7.14. The van der Waals surface area contributed by atoms with Gasteiger partial charge in [0, 0.05) is 16.6 Å². The summed E-state index contributed by atoms with van der Waals surface area (Å²) in [7, 11) is 0. The van der Waals surface area contributed by atoms with E-state index in [-0.39, 0.29) is 5.91 Å². The number of rotatable bonds is 4. The summed E-state index contributed by atoms with van der Waals surface area (Å²) in [6.45, 7) is 10.6. The van der Waals surface area contributed by atoms with E-state index < -0.39 is 0 Å². The molecule has 130 valence electrons. The van der Waals surface area contributed by atoms with Crippen molar-refractivity contribution in [1.82, 2.24) is 0 Å². The summed E-state index contributed by atoms with van der Waals surface area (Å²) in [4.78, 5) is 12.5. The average Bonchev–Trinajstić information content (AvgIpc) is 2.91. The maximum atomic E-state index is 12.5. The van der Waals surface area contributed by atoms with Crippen molar-refractivity contribution in [3.05, 3.63) is 64.4 Å². The van der Waals surface area contributed by atoms with Crippen molar-refractivity contribution in [2.45, 2.75) is 47.0 Å². The van der Waals surface area contributed by atoms with E-state index in [1.807, 2.05) is 25.1 Å². The summed E-state index contributed by atoms with van der Waals surface area (Å²) in [6.07, 6.45) is 2.01. The third-order valence-electron chi connectivity index (χ3n) is 4.81. The van der Waals surface area contributed by atoms with E-state index in [1.54, 1.807) is 6.26 Å². The van der Waals surface area contributed by atoms with Crippen molar-refractivity contribution in [3.8, 4) is 0 Å². The number of fused-ring (bicyclic) bond motifs is 1. The summed E-state index contributed by atoms with van der Waals surface area (Å²) in [5.74, 6) is 0.411. The van der Waals surface area contributed by atoms with Gasteiger partial charge < -0.3 is 9.73 Å². The fourth-order valence-electron chi connectivity index (χ4n) is 3.20. The molecule has 0 spiro atoms. The molecule has 0 aliphatic carbocycles. The van der Waals surface area contributed by atoms with Gasteiger partial charge in [0.1, 0.15) is 5.58 Å². The van der Waals surface area contributed by atoms with E-state index in [0.717, 1.165) is 22.2 Å². The van der Waals surface area contributed by atoms with Gasteiger partial charge >= 0.3 is 0 Å². The molecule has 0 saturated carbocycles. The standard InChI is InChI=1S/C22H25NO2/c1-13(2)19-11-20-17(12-25-21(20)9-16(19)5)10-22(24)23-18-7-6-14(3)15(4)8-18/h6-9,11-13H,10H2,1-5H3,(H,23,24). The summed E-state index contributed by atoms with van der Waals surface area (Å²) >= 11 is 0. The van der Waals surface area contributed by atoms with Crippen molar-refractivity contribution in [3.63, 3.8) is 0 Å². The van der Waals surface area contributed by atoms with E-state index in [2.05, 4.69) is 45.1 Å². The number of nitrogens with one attached hydrogen (secondary N) is 1. The molecule has 0 fully saturated rings. The lowest BCUT2D eigenvalue weighted by atomic mass is 9.95. The van der Waals surface area contributed by atoms with E-state index >= 15 is 0 Å². The lowest BCUT2D eigenvalue weighted by Gasteiger charge is -2.10. The number of hydrogen-bond donors (Lipinski definition) is 1. The molecule has 3 nitrogen and oxygen atoms in total. The lowest BCUT2D eigenvalue weighted by molar-refractivity contribution is -0.115. The number of amides is 1. The molecule has 0 unspecified atom stereocenters. The molecule has 2 aromatic carbocycles. The Hall–Kier alpha value is -2.55. The molecule has 1 aromatic heterocycles. The minimum absolute atomic E-state index is 0.0300. The van der Waals surface area contributed by atoms with Crippen molar-refractivity contribution in [2.24, 2.45) is 0 Å². The molecule has 3 heteroatoms. The van der Waals surface area contributed by atoms with E-state index in [4.69, 9.17) is 4.42 Å². The Morgan fingerprint density at radius 3 is 2.48 bits per heavy atom. The molecule has 3 aromatic rings. The van der Waals surface area contributed by atoms with Crippen LogP contribution in [0.5, 0.6) is 0 Å². The fraction of sp³-hybridized carbons (Fsp3) is 0.318. The molecule has 3 rings (SSSR count). The highest BCUT2D eigenvalue weighted by Gasteiger charge is 2.14. The molecule has 0 aliphatic rings. The Morgan fingerprint density at radius 2 is 1.80 bits per heavy atom. The van der Waals surface area contributed by atoms with E-state index in [1.165, 1.54) is 22.3 Å². The molecule has 0 radical (unpaired) electrons. The summed E-state index contributed by atoms with van der Waals surface area (Å²) in [5, 5.41) is 4.01. The maximum absolute atomic E-state index is 12.5. The van der Waals surface area contributed by atoms with E-state index in [9.17, 15) is 4.79 Å². The zero-order valence-corrected chi connectivity index (χ0v) is 15.6. The maximum Gasteiger partial charge on any atom is 0.228 e. The molecule has 25 heavy (non-hydrogen) atoms. The Morgan fingerprint density at radius 1 is 1.04 bits per heavy atom. The normalized spacial score (nSPS) is 11.3. The van der Waals surface area contributed by atoms with Crippen LogP contribution in [0.4, 0.5) is 5.69 Å². The number of hydrogen-bond acceptors (Lipinski definition) is 2. The number of carbonyl (C=O) groups is 1. The van der Waals surface area contributed by atoms with Crippen LogP contribution in [0.1, 0.15) is 47.6 Å². The molecule has 0 atom stereocenters. The average molecular weight is 335 g/mol. The predicted molar refractivity (Wildman–Crippen MR) is 103 cm³/mol. The van der Waals surface area contributed by atoms with Gasteiger partial charge in [0.2, 0.25) is 5.91 Å². The number of anilines is 1. The fourth-order valence-corrected chi connectivity index (χ4v) is 3.20. The summed E-state index contributed by atoms with van der Waals surface area (Å²) < 4.78 is 5.67. The zero-order valence-electron chi connectivity index (χ0n) is 15.6. The third-order valence-corrected chi connectivity index (χ3v) is 4.81. The summed E-state index contributed by atoms with van der Waals surface area (Å²) in [5.41, 5.74) is 7.51.